The Labute approximate surface area is 62.8 Å². The Morgan fingerprint density at radius 3 is 2.50 bits per heavy atom. The van der Waals surface area contributed by atoms with Crippen molar-refractivity contribution < 1.29 is 5.11 Å². The topological polar surface area (TPSA) is 23.5 Å². The van der Waals surface area contributed by atoms with Gasteiger partial charge in [0.25, 0.3) is 0 Å². The number of hydrogen-bond donors (Lipinski definition) is 1. The predicted octanol–water partition coefficient (Wildman–Crippen LogP) is 0.707. The van der Waals surface area contributed by atoms with Crippen molar-refractivity contribution in [1.82, 2.24) is 4.90 Å². The van der Waals surface area contributed by atoms with E-state index in [0.717, 1.165) is 13.0 Å². The standard InChI is InChI=1S/C8H17NO/c1-6-5-9(3)7(2)4-8(6)10/h6-8,10H,4-5H2,1-3H3/t6-,7-,8+/m1/s1. The van der Waals surface area contributed by atoms with Gasteiger partial charge in [-0.05, 0) is 26.3 Å². The van der Waals surface area contributed by atoms with Gasteiger partial charge in [-0.3, -0.25) is 0 Å². The van der Waals surface area contributed by atoms with Gasteiger partial charge in [-0.2, -0.15) is 0 Å². The van der Waals surface area contributed by atoms with Gasteiger partial charge < -0.3 is 10.0 Å². The average Bonchev–Trinajstić information content (AvgIpc) is 1.84. The highest BCUT2D eigenvalue weighted by Gasteiger charge is 2.26. The van der Waals surface area contributed by atoms with Gasteiger partial charge in [0.2, 0.25) is 0 Å². The van der Waals surface area contributed by atoms with Crippen molar-refractivity contribution >= 4 is 0 Å². The molecule has 10 heavy (non-hydrogen) atoms. The summed E-state index contributed by atoms with van der Waals surface area (Å²) in [6, 6.07) is 0.547. The van der Waals surface area contributed by atoms with Gasteiger partial charge in [0.15, 0.2) is 0 Å². The minimum Gasteiger partial charge on any atom is -0.393 e. The minimum atomic E-state index is -0.0776. The molecule has 0 saturated carbocycles. The fraction of sp³-hybridized carbons (Fsp3) is 1.00. The summed E-state index contributed by atoms with van der Waals surface area (Å²) in [6.45, 7) is 5.30. The first-order valence-corrected chi connectivity index (χ1v) is 3.99. The van der Waals surface area contributed by atoms with E-state index in [1.807, 2.05) is 0 Å². The molecule has 1 saturated heterocycles. The second-order valence-corrected chi connectivity index (χ2v) is 3.57. The van der Waals surface area contributed by atoms with Crippen molar-refractivity contribution in [1.29, 1.82) is 0 Å². The van der Waals surface area contributed by atoms with E-state index in [1.54, 1.807) is 0 Å². The van der Waals surface area contributed by atoms with E-state index in [1.165, 1.54) is 0 Å². The van der Waals surface area contributed by atoms with Gasteiger partial charge in [-0.1, -0.05) is 6.92 Å². The molecule has 0 bridgehead atoms. The zero-order valence-corrected chi connectivity index (χ0v) is 7.04. The second-order valence-electron chi connectivity index (χ2n) is 3.57. The lowest BCUT2D eigenvalue weighted by molar-refractivity contribution is 0.0175. The highest BCUT2D eigenvalue weighted by Crippen LogP contribution is 2.19. The van der Waals surface area contributed by atoms with Gasteiger partial charge >= 0.3 is 0 Å². The predicted molar refractivity (Wildman–Crippen MR) is 41.9 cm³/mol. The van der Waals surface area contributed by atoms with Crippen molar-refractivity contribution in [2.24, 2.45) is 5.92 Å². The Morgan fingerprint density at radius 2 is 2.00 bits per heavy atom. The van der Waals surface area contributed by atoms with E-state index in [9.17, 15) is 5.11 Å². The Bertz CT molecular complexity index is 89.8. The number of aliphatic hydroxyl groups is 1. The fourth-order valence-electron chi connectivity index (χ4n) is 1.52. The highest BCUT2D eigenvalue weighted by atomic mass is 16.3. The normalized spacial score (nSPS) is 43.8. The molecule has 0 aromatic heterocycles. The van der Waals surface area contributed by atoms with Crippen LogP contribution in [0.15, 0.2) is 0 Å². The molecule has 0 aromatic carbocycles. The van der Waals surface area contributed by atoms with Crippen LogP contribution in [0.25, 0.3) is 0 Å². The van der Waals surface area contributed by atoms with Crippen LogP contribution in [-0.4, -0.2) is 35.7 Å². The van der Waals surface area contributed by atoms with Crippen molar-refractivity contribution in [3.05, 3.63) is 0 Å². The lowest BCUT2D eigenvalue weighted by Crippen LogP contribution is -2.45. The maximum Gasteiger partial charge on any atom is 0.0592 e. The van der Waals surface area contributed by atoms with Gasteiger partial charge in [0.1, 0.15) is 0 Å². The molecular weight excluding hydrogens is 126 g/mol. The molecule has 0 aromatic rings. The zero-order valence-electron chi connectivity index (χ0n) is 7.04. The molecule has 1 fully saturated rings. The molecule has 0 aliphatic carbocycles. The molecule has 1 aliphatic heterocycles. The van der Waals surface area contributed by atoms with Crippen molar-refractivity contribution in [2.75, 3.05) is 13.6 Å². The van der Waals surface area contributed by atoms with Crippen LogP contribution in [0, 0.1) is 5.92 Å². The summed E-state index contributed by atoms with van der Waals surface area (Å²) in [7, 11) is 2.12. The van der Waals surface area contributed by atoms with E-state index >= 15 is 0 Å². The van der Waals surface area contributed by atoms with Crippen LogP contribution in [0.1, 0.15) is 20.3 Å². The fourth-order valence-corrected chi connectivity index (χ4v) is 1.52. The van der Waals surface area contributed by atoms with Crippen LogP contribution in [-0.2, 0) is 0 Å². The summed E-state index contributed by atoms with van der Waals surface area (Å²) < 4.78 is 0. The maximum atomic E-state index is 9.44. The zero-order chi connectivity index (χ0) is 7.72. The second kappa shape index (κ2) is 2.89. The summed E-state index contributed by atoms with van der Waals surface area (Å²) >= 11 is 0. The van der Waals surface area contributed by atoms with Crippen LogP contribution in [0.2, 0.25) is 0 Å². The first-order valence-electron chi connectivity index (χ1n) is 3.99. The van der Waals surface area contributed by atoms with E-state index < -0.39 is 0 Å². The summed E-state index contributed by atoms with van der Waals surface area (Å²) in [4.78, 5) is 2.30. The molecule has 60 valence electrons. The van der Waals surface area contributed by atoms with Gasteiger partial charge in [-0.25, -0.2) is 0 Å². The Kier molecular flexibility index (Phi) is 2.32. The summed E-state index contributed by atoms with van der Waals surface area (Å²) in [5.41, 5.74) is 0. The van der Waals surface area contributed by atoms with Crippen LogP contribution in [0.3, 0.4) is 0 Å². The van der Waals surface area contributed by atoms with E-state index in [0.29, 0.717) is 12.0 Å². The monoisotopic (exact) mass is 143 g/mol. The molecule has 1 aliphatic rings. The third-order valence-corrected chi connectivity index (χ3v) is 2.57. The maximum absolute atomic E-state index is 9.44. The molecule has 3 atom stereocenters. The number of nitrogens with zero attached hydrogens (tertiary/aromatic N) is 1. The molecule has 1 heterocycles. The minimum absolute atomic E-state index is 0.0776. The SMILES string of the molecule is C[C@@H]1CN(C)[C@H](C)C[C@@H]1O. The van der Waals surface area contributed by atoms with Crippen LogP contribution < -0.4 is 0 Å². The lowest BCUT2D eigenvalue weighted by atomic mass is 9.93. The largest absolute Gasteiger partial charge is 0.393 e. The number of aliphatic hydroxyl groups excluding tert-OH is 1. The van der Waals surface area contributed by atoms with E-state index in [4.69, 9.17) is 0 Å². The third kappa shape index (κ3) is 1.50. The molecular formula is C8H17NO. The number of likely N-dealkylation sites (tertiary alicyclic amines) is 1. The van der Waals surface area contributed by atoms with Crippen LogP contribution >= 0.6 is 0 Å². The van der Waals surface area contributed by atoms with E-state index in [2.05, 4.69) is 25.8 Å². The van der Waals surface area contributed by atoms with Crippen molar-refractivity contribution in [3.63, 3.8) is 0 Å². The quantitative estimate of drug-likeness (QED) is 0.540. The Hall–Kier alpha value is -0.0800. The van der Waals surface area contributed by atoms with Gasteiger partial charge in [0, 0.05) is 12.6 Å². The molecule has 1 rings (SSSR count). The molecule has 0 spiro atoms. The summed E-state index contributed by atoms with van der Waals surface area (Å²) in [5.74, 6) is 0.446. The van der Waals surface area contributed by atoms with Crippen molar-refractivity contribution in [3.8, 4) is 0 Å². The first-order chi connectivity index (χ1) is 4.61. The summed E-state index contributed by atoms with van der Waals surface area (Å²) in [6.07, 6.45) is 0.851. The van der Waals surface area contributed by atoms with E-state index in [-0.39, 0.29) is 6.10 Å². The molecule has 0 radical (unpaired) electrons. The van der Waals surface area contributed by atoms with Crippen molar-refractivity contribution in [2.45, 2.75) is 32.4 Å². The molecule has 2 nitrogen and oxygen atoms in total. The van der Waals surface area contributed by atoms with Crippen LogP contribution in [0.5, 0.6) is 0 Å². The van der Waals surface area contributed by atoms with Crippen LogP contribution in [0.4, 0.5) is 0 Å². The third-order valence-electron chi connectivity index (χ3n) is 2.57. The number of piperidine rings is 1. The molecule has 1 N–H and O–H groups in total. The molecule has 2 heteroatoms. The molecule has 0 amide bonds. The lowest BCUT2D eigenvalue weighted by Gasteiger charge is -2.37. The van der Waals surface area contributed by atoms with Gasteiger partial charge in [-0.15, -0.1) is 0 Å². The highest BCUT2D eigenvalue weighted by molar-refractivity contribution is 4.80. The number of hydrogen-bond acceptors (Lipinski definition) is 2. The summed E-state index contributed by atoms with van der Waals surface area (Å²) in [5, 5.41) is 9.44. The first kappa shape index (κ1) is 8.02. The van der Waals surface area contributed by atoms with Gasteiger partial charge in [0.05, 0.1) is 6.10 Å². The Balaban J connectivity index is 2.46. The smallest absolute Gasteiger partial charge is 0.0592 e. The average molecular weight is 143 g/mol. The molecule has 0 unspecified atom stereocenters. The number of rotatable bonds is 0. The Morgan fingerprint density at radius 1 is 1.40 bits per heavy atom.